The van der Waals surface area contributed by atoms with Crippen LogP contribution in [0.5, 0.6) is 0 Å². The van der Waals surface area contributed by atoms with Crippen LogP contribution in [0.3, 0.4) is 0 Å². The van der Waals surface area contributed by atoms with Crippen molar-refractivity contribution in [3.05, 3.63) is 35.9 Å². The Morgan fingerprint density at radius 3 is 2.50 bits per heavy atom. The third kappa shape index (κ3) is 5.00. The summed E-state index contributed by atoms with van der Waals surface area (Å²) in [6, 6.07) is 10.5. The summed E-state index contributed by atoms with van der Waals surface area (Å²) < 4.78 is 0. The van der Waals surface area contributed by atoms with Crippen molar-refractivity contribution in [1.29, 1.82) is 0 Å². The molecule has 1 aromatic rings. The lowest BCUT2D eigenvalue weighted by Crippen LogP contribution is -2.20. The zero-order valence-corrected chi connectivity index (χ0v) is 9.16. The summed E-state index contributed by atoms with van der Waals surface area (Å²) in [4.78, 5) is 2.21. The number of nitrogens with one attached hydrogen (secondary N) is 1. The summed E-state index contributed by atoms with van der Waals surface area (Å²) >= 11 is 0. The van der Waals surface area contributed by atoms with E-state index >= 15 is 0 Å². The van der Waals surface area contributed by atoms with Crippen LogP contribution in [0.2, 0.25) is 0 Å². The first-order valence-electron chi connectivity index (χ1n) is 5.18. The molecule has 0 unspecified atom stereocenters. The van der Waals surface area contributed by atoms with Gasteiger partial charge in [-0.3, -0.25) is 0 Å². The molecule has 14 heavy (non-hydrogen) atoms. The molecule has 0 saturated carbocycles. The van der Waals surface area contributed by atoms with E-state index in [9.17, 15) is 0 Å². The molecule has 78 valence electrons. The lowest BCUT2D eigenvalue weighted by Gasteiger charge is -2.09. The maximum Gasteiger partial charge on any atom is 0.0205 e. The van der Waals surface area contributed by atoms with Crippen LogP contribution < -0.4 is 5.32 Å². The van der Waals surface area contributed by atoms with Gasteiger partial charge in [0.2, 0.25) is 0 Å². The third-order valence-electron chi connectivity index (χ3n) is 2.13. The number of hydrogen-bond acceptors (Lipinski definition) is 2. The molecule has 1 rings (SSSR count). The van der Waals surface area contributed by atoms with Gasteiger partial charge in [-0.15, -0.1) is 0 Å². The minimum atomic E-state index is 0.980. The van der Waals surface area contributed by atoms with Gasteiger partial charge in [-0.05, 0) is 39.2 Å². The largest absolute Gasteiger partial charge is 0.313 e. The Morgan fingerprint density at radius 2 is 1.86 bits per heavy atom. The highest BCUT2D eigenvalue weighted by molar-refractivity contribution is 5.14. The second-order valence-corrected chi connectivity index (χ2v) is 3.82. The molecular formula is C12H20N2. The molecule has 0 aliphatic heterocycles. The molecule has 0 radical (unpaired) electrons. The second-order valence-electron chi connectivity index (χ2n) is 3.82. The van der Waals surface area contributed by atoms with E-state index in [0.717, 1.165) is 19.6 Å². The van der Waals surface area contributed by atoms with Crippen molar-refractivity contribution in [2.45, 2.75) is 13.0 Å². The summed E-state index contributed by atoms with van der Waals surface area (Å²) in [5.74, 6) is 0. The summed E-state index contributed by atoms with van der Waals surface area (Å²) in [6.45, 7) is 3.23. The van der Waals surface area contributed by atoms with E-state index in [1.165, 1.54) is 12.0 Å². The minimum Gasteiger partial charge on any atom is -0.313 e. The van der Waals surface area contributed by atoms with Crippen molar-refractivity contribution in [3.63, 3.8) is 0 Å². The molecule has 0 amide bonds. The Balaban J connectivity index is 2.05. The molecular weight excluding hydrogens is 172 g/mol. The fourth-order valence-corrected chi connectivity index (χ4v) is 1.35. The predicted molar refractivity (Wildman–Crippen MR) is 61.3 cm³/mol. The Labute approximate surface area is 86.9 Å². The highest BCUT2D eigenvalue weighted by Crippen LogP contribution is 1.96. The Kier molecular flexibility index (Phi) is 5.27. The van der Waals surface area contributed by atoms with Crippen molar-refractivity contribution >= 4 is 0 Å². The molecule has 1 aromatic carbocycles. The van der Waals surface area contributed by atoms with Gasteiger partial charge in [0.05, 0.1) is 0 Å². The number of rotatable bonds is 6. The average Bonchev–Trinajstić information content (AvgIpc) is 2.18. The van der Waals surface area contributed by atoms with E-state index in [4.69, 9.17) is 0 Å². The van der Waals surface area contributed by atoms with Gasteiger partial charge in [-0.1, -0.05) is 30.3 Å². The van der Waals surface area contributed by atoms with Crippen molar-refractivity contribution in [1.82, 2.24) is 10.2 Å². The highest BCUT2D eigenvalue weighted by atomic mass is 15.0. The molecule has 0 aliphatic rings. The number of hydrogen-bond donors (Lipinski definition) is 1. The summed E-state index contributed by atoms with van der Waals surface area (Å²) in [6.07, 6.45) is 1.21. The van der Waals surface area contributed by atoms with Crippen LogP contribution in [0.25, 0.3) is 0 Å². The first-order valence-corrected chi connectivity index (χ1v) is 5.18. The molecule has 0 aliphatic carbocycles. The van der Waals surface area contributed by atoms with Crippen molar-refractivity contribution < 1.29 is 0 Å². The lowest BCUT2D eigenvalue weighted by molar-refractivity contribution is 0.394. The van der Waals surface area contributed by atoms with Gasteiger partial charge in [-0.2, -0.15) is 0 Å². The number of nitrogens with zero attached hydrogens (tertiary/aromatic N) is 1. The van der Waals surface area contributed by atoms with E-state index in [2.05, 4.69) is 54.6 Å². The Bertz CT molecular complexity index is 231. The third-order valence-corrected chi connectivity index (χ3v) is 2.13. The zero-order chi connectivity index (χ0) is 10.2. The molecule has 1 N–H and O–H groups in total. The van der Waals surface area contributed by atoms with Crippen molar-refractivity contribution in [3.8, 4) is 0 Å². The molecule has 0 heterocycles. The summed E-state index contributed by atoms with van der Waals surface area (Å²) in [5, 5.41) is 3.43. The summed E-state index contributed by atoms with van der Waals surface area (Å²) in [7, 11) is 4.22. The molecule has 0 fully saturated rings. The minimum absolute atomic E-state index is 0.980. The maximum absolute atomic E-state index is 3.43. The highest BCUT2D eigenvalue weighted by Gasteiger charge is 1.92. The van der Waals surface area contributed by atoms with Crippen LogP contribution in [-0.2, 0) is 6.54 Å². The van der Waals surface area contributed by atoms with Gasteiger partial charge in [0.15, 0.2) is 0 Å². The first kappa shape index (κ1) is 11.2. The molecule has 2 heteroatoms. The van der Waals surface area contributed by atoms with E-state index in [1.54, 1.807) is 0 Å². The van der Waals surface area contributed by atoms with E-state index in [-0.39, 0.29) is 0 Å². The van der Waals surface area contributed by atoms with E-state index in [0.29, 0.717) is 0 Å². The van der Waals surface area contributed by atoms with Crippen LogP contribution >= 0.6 is 0 Å². The molecule has 0 aromatic heterocycles. The van der Waals surface area contributed by atoms with E-state index < -0.39 is 0 Å². The molecule has 0 atom stereocenters. The fourth-order valence-electron chi connectivity index (χ4n) is 1.35. The van der Waals surface area contributed by atoms with Crippen LogP contribution in [0.15, 0.2) is 30.3 Å². The molecule has 0 spiro atoms. The number of benzene rings is 1. The van der Waals surface area contributed by atoms with Gasteiger partial charge in [-0.25, -0.2) is 0 Å². The van der Waals surface area contributed by atoms with Crippen LogP contribution in [-0.4, -0.2) is 32.1 Å². The molecule has 0 bridgehead atoms. The monoisotopic (exact) mass is 192 g/mol. The summed E-state index contributed by atoms with van der Waals surface area (Å²) in [5.41, 5.74) is 1.36. The maximum atomic E-state index is 3.43. The first-order chi connectivity index (χ1) is 6.79. The molecule has 2 nitrogen and oxygen atoms in total. The van der Waals surface area contributed by atoms with Crippen LogP contribution in [0.1, 0.15) is 12.0 Å². The normalized spacial score (nSPS) is 10.8. The Hall–Kier alpha value is -0.860. The molecule has 0 saturated heterocycles. The van der Waals surface area contributed by atoms with Gasteiger partial charge in [0, 0.05) is 6.54 Å². The topological polar surface area (TPSA) is 15.3 Å². The van der Waals surface area contributed by atoms with Gasteiger partial charge < -0.3 is 10.2 Å². The van der Waals surface area contributed by atoms with Crippen LogP contribution in [0.4, 0.5) is 0 Å². The zero-order valence-electron chi connectivity index (χ0n) is 9.16. The standard InChI is InChI=1S/C12H20N2/c1-14(2)10-6-9-13-11-12-7-4-3-5-8-12/h3-5,7-8,13H,6,9-11H2,1-2H3. The quantitative estimate of drug-likeness (QED) is 0.691. The predicted octanol–water partition coefficient (Wildman–Crippen LogP) is 1.73. The average molecular weight is 192 g/mol. The second kappa shape index (κ2) is 6.57. The van der Waals surface area contributed by atoms with Crippen molar-refractivity contribution in [2.75, 3.05) is 27.2 Å². The lowest BCUT2D eigenvalue weighted by atomic mass is 10.2. The van der Waals surface area contributed by atoms with E-state index in [1.807, 2.05) is 0 Å². The van der Waals surface area contributed by atoms with Crippen LogP contribution in [0, 0.1) is 0 Å². The Morgan fingerprint density at radius 1 is 1.14 bits per heavy atom. The fraction of sp³-hybridized carbons (Fsp3) is 0.500. The van der Waals surface area contributed by atoms with Gasteiger partial charge in [0.25, 0.3) is 0 Å². The van der Waals surface area contributed by atoms with Gasteiger partial charge >= 0.3 is 0 Å². The smallest absolute Gasteiger partial charge is 0.0205 e. The SMILES string of the molecule is CN(C)CCCNCc1ccccc1. The van der Waals surface area contributed by atoms with Gasteiger partial charge in [0.1, 0.15) is 0 Å². The van der Waals surface area contributed by atoms with Crippen molar-refractivity contribution in [2.24, 2.45) is 0 Å².